The first-order valence-corrected chi connectivity index (χ1v) is 8.54. The van der Waals surface area contributed by atoms with Crippen molar-refractivity contribution in [2.24, 2.45) is 0 Å². The molecule has 0 atom stereocenters. The fourth-order valence-electron chi connectivity index (χ4n) is 2.10. The summed E-state index contributed by atoms with van der Waals surface area (Å²) in [5.74, 6) is -0.647. The highest BCUT2D eigenvalue weighted by Gasteiger charge is 2.21. The van der Waals surface area contributed by atoms with Gasteiger partial charge in [-0.15, -0.1) is 11.3 Å². The minimum Gasteiger partial charge on any atom is -0.298 e. The van der Waals surface area contributed by atoms with E-state index < -0.39 is 10.8 Å². The number of hydrogen-bond donors (Lipinski definition) is 1. The molecule has 1 amide bonds. The lowest BCUT2D eigenvalue weighted by molar-refractivity contribution is -0.385. The number of amides is 1. The quantitative estimate of drug-likeness (QED) is 0.482. The lowest BCUT2D eigenvalue weighted by Gasteiger charge is -2.03. The molecule has 126 valence electrons. The fraction of sp³-hybridized carbons (Fsp3) is 0. The summed E-state index contributed by atoms with van der Waals surface area (Å²) in [5, 5.41) is 16.6. The van der Waals surface area contributed by atoms with Gasteiger partial charge in [0, 0.05) is 27.1 Å². The van der Waals surface area contributed by atoms with E-state index in [9.17, 15) is 14.9 Å². The summed E-state index contributed by atoms with van der Waals surface area (Å²) in [6.45, 7) is 0. The van der Waals surface area contributed by atoms with Crippen LogP contribution in [0.3, 0.4) is 0 Å². The highest BCUT2D eigenvalue weighted by atomic mass is 35.5. The van der Waals surface area contributed by atoms with Gasteiger partial charge in [-0.2, -0.15) is 0 Å². The maximum Gasteiger partial charge on any atom is 0.282 e. The monoisotopic (exact) mass is 393 g/mol. The van der Waals surface area contributed by atoms with E-state index in [1.54, 1.807) is 17.5 Å². The number of nitro groups is 1. The molecule has 0 fully saturated rings. The molecular weight excluding hydrogens is 385 g/mol. The first-order valence-electron chi connectivity index (χ1n) is 6.91. The summed E-state index contributed by atoms with van der Waals surface area (Å²) in [6, 6.07) is 10.9. The molecule has 0 aliphatic carbocycles. The summed E-state index contributed by atoms with van der Waals surface area (Å²) < 4.78 is 0. The maximum atomic E-state index is 12.4. The van der Waals surface area contributed by atoms with Gasteiger partial charge in [-0.3, -0.25) is 20.2 Å². The predicted octanol–water partition coefficient (Wildman–Crippen LogP) is 5.28. The second-order valence-electron chi connectivity index (χ2n) is 4.92. The van der Waals surface area contributed by atoms with Crippen LogP contribution in [0.25, 0.3) is 11.3 Å². The molecular formula is C16H9Cl2N3O3S. The number of benzene rings is 2. The zero-order valence-electron chi connectivity index (χ0n) is 12.4. The third-order valence-electron chi connectivity index (χ3n) is 3.26. The SMILES string of the molecule is O=C(Nc1nc(-c2ccc(Cl)cc2)cs1)c1cc(Cl)ccc1[N+](=O)[O-]. The van der Waals surface area contributed by atoms with Gasteiger partial charge in [0.1, 0.15) is 5.56 Å². The van der Waals surface area contributed by atoms with Gasteiger partial charge < -0.3 is 0 Å². The maximum absolute atomic E-state index is 12.4. The van der Waals surface area contributed by atoms with Crippen LogP contribution in [0.15, 0.2) is 47.8 Å². The Morgan fingerprint density at radius 2 is 1.80 bits per heavy atom. The largest absolute Gasteiger partial charge is 0.298 e. The molecule has 1 N–H and O–H groups in total. The van der Waals surface area contributed by atoms with E-state index in [0.29, 0.717) is 15.8 Å². The van der Waals surface area contributed by atoms with Gasteiger partial charge in [0.15, 0.2) is 5.13 Å². The van der Waals surface area contributed by atoms with E-state index in [1.165, 1.54) is 29.5 Å². The molecule has 9 heteroatoms. The van der Waals surface area contributed by atoms with Crippen molar-refractivity contribution in [2.45, 2.75) is 0 Å². The molecule has 3 aromatic rings. The minimum absolute atomic E-state index is 0.124. The molecule has 0 saturated heterocycles. The zero-order chi connectivity index (χ0) is 18.0. The number of nitro benzene ring substituents is 1. The van der Waals surface area contributed by atoms with Gasteiger partial charge in [0.05, 0.1) is 10.6 Å². The van der Waals surface area contributed by atoms with Gasteiger partial charge in [-0.05, 0) is 24.3 Å². The van der Waals surface area contributed by atoms with Crippen molar-refractivity contribution in [3.8, 4) is 11.3 Å². The Morgan fingerprint density at radius 1 is 1.12 bits per heavy atom. The Bertz CT molecular complexity index is 958. The molecule has 3 rings (SSSR count). The van der Waals surface area contributed by atoms with Crippen molar-refractivity contribution in [3.05, 3.63) is 73.6 Å². The Kier molecular flexibility index (Phi) is 4.98. The summed E-state index contributed by atoms with van der Waals surface area (Å²) in [7, 11) is 0. The molecule has 1 aromatic heterocycles. The van der Waals surface area contributed by atoms with E-state index in [-0.39, 0.29) is 16.3 Å². The highest BCUT2D eigenvalue weighted by Crippen LogP contribution is 2.28. The lowest BCUT2D eigenvalue weighted by Crippen LogP contribution is -2.13. The smallest absolute Gasteiger partial charge is 0.282 e. The molecule has 0 radical (unpaired) electrons. The number of rotatable bonds is 4. The number of thiazole rings is 1. The van der Waals surface area contributed by atoms with Crippen LogP contribution in [0.4, 0.5) is 10.8 Å². The van der Waals surface area contributed by atoms with Gasteiger partial charge in [-0.25, -0.2) is 4.98 Å². The van der Waals surface area contributed by atoms with Crippen molar-refractivity contribution >= 4 is 51.3 Å². The number of carbonyl (C=O) groups is 1. The standard InChI is InChI=1S/C16H9Cl2N3O3S/c17-10-3-1-9(2-4-10)13-8-25-16(19-13)20-15(22)12-7-11(18)5-6-14(12)21(23)24/h1-8H,(H,19,20,22). The average molecular weight is 394 g/mol. The first kappa shape index (κ1) is 17.3. The van der Waals surface area contributed by atoms with Crippen molar-refractivity contribution in [1.82, 2.24) is 4.98 Å². The molecule has 0 unspecified atom stereocenters. The number of halogens is 2. The Balaban J connectivity index is 1.84. The third kappa shape index (κ3) is 3.96. The van der Waals surface area contributed by atoms with Gasteiger partial charge >= 0.3 is 0 Å². The van der Waals surface area contributed by atoms with Crippen molar-refractivity contribution in [2.75, 3.05) is 5.32 Å². The van der Waals surface area contributed by atoms with Crippen molar-refractivity contribution in [3.63, 3.8) is 0 Å². The second-order valence-corrected chi connectivity index (χ2v) is 6.65. The molecule has 0 saturated carbocycles. The van der Waals surface area contributed by atoms with Crippen molar-refractivity contribution < 1.29 is 9.72 Å². The van der Waals surface area contributed by atoms with E-state index in [4.69, 9.17) is 23.2 Å². The van der Waals surface area contributed by atoms with E-state index in [0.717, 1.165) is 5.56 Å². The number of carbonyl (C=O) groups excluding carboxylic acids is 1. The summed E-state index contributed by atoms with van der Waals surface area (Å²) in [6.07, 6.45) is 0. The Hall–Kier alpha value is -2.48. The Morgan fingerprint density at radius 3 is 2.48 bits per heavy atom. The highest BCUT2D eigenvalue weighted by molar-refractivity contribution is 7.14. The molecule has 2 aromatic carbocycles. The number of aromatic nitrogens is 1. The molecule has 6 nitrogen and oxygen atoms in total. The van der Waals surface area contributed by atoms with Crippen LogP contribution in [0.5, 0.6) is 0 Å². The lowest BCUT2D eigenvalue weighted by atomic mass is 10.1. The van der Waals surface area contributed by atoms with Gasteiger partial charge in [-0.1, -0.05) is 35.3 Å². The summed E-state index contributed by atoms with van der Waals surface area (Å²) >= 11 is 12.9. The molecule has 0 spiro atoms. The van der Waals surface area contributed by atoms with E-state index in [2.05, 4.69) is 10.3 Å². The van der Waals surface area contributed by atoms with E-state index in [1.807, 2.05) is 12.1 Å². The van der Waals surface area contributed by atoms with Crippen LogP contribution in [-0.2, 0) is 0 Å². The summed E-state index contributed by atoms with van der Waals surface area (Å²) in [5.41, 5.74) is 1.06. The molecule has 0 bridgehead atoms. The molecule has 0 aliphatic rings. The third-order valence-corrected chi connectivity index (χ3v) is 4.51. The van der Waals surface area contributed by atoms with Crippen LogP contribution in [0.2, 0.25) is 10.0 Å². The second kappa shape index (κ2) is 7.18. The summed E-state index contributed by atoms with van der Waals surface area (Å²) in [4.78, 5) is 27.1. The van der Waals surface area contributed by atoms with Crippen LogP contribution in [0, 0.1) is 10.1 Å². The first-order chi connectivity index (χ1) is 11.9. The van der Waals surface area contributed by atoms with Gasteiger partial charge in [0.25, 0.3) is 11.6 Å². The van der Waals surface area contributed by atoms with Crippen LogP contribution in [-0.4, -0.2) is 15.8 Å². The van der Waals surface area contributed by atoms with Crippen LogP contribution < -0.4 is 5.32 Å². The zero-order valence-corrected chi connectivity index (χ0v) is 14.7. The molecule has 1 heterocycles. The normalized spacial score (nSPS) is 10.5. The molecule has 0 aliphatic heterocycles. The predicted molar refractivity (Wildman–Crippen MR) is 98.6 cm³/mol. The number of hydrogen-bond acceptors (Lipinski definition) is 5. The fourth-order valence-corrected chi connectivity index (χ4v) is 3.11. The topological polar surface area (TPSA) is 85.1 Å². The number of nitrogens with zero attached hydrogens (tertiary/aromatic N) is 2. The van der Waals surface area contributed by atoms with Crippen LogP contribution >= 0.6 is 34.5 Å². The number of anilines is 1. The van der Waals surface area contributed by atoms with Crippen LogP contribution in [0.1, 0.15) is 10.4 Å². The van der Waals surface area contributed by atoms with E-state index >= 15 is 0 Å². The Labute approximate surface area is 156 Å². The van der Waals surface area contributed by atoms with Crippen molar-refractivity contribution in [1.29, 1.82) is 0 Å². The minimum atomic E-state index is -0.647. The van der Waals surface area contributed by atoms with Gasteiger partial charge in [0.2, 0.25) is 0 Å². The molecule has 25 heavy (non-hydrogen) atoms. The average Bonchev–Trinajstić information content (AvgIpc) is 3.03. The number of nitrogens with one attached hydrogen (secondary N) is 1.